The van der Waals surface area contributed by atoms with E-state index in [-0.39, 0.29) is 10.5 Å². The summed E-state index contributed by atoms with van der Waals surface area (Å²) in [5, 5.41) is 11.4. The van der Waals surface area contributed by atoms with Crippen molar-refractivity contribution in [2.75, 3.05) is 19.0 Å². The number of carbonyl (C=O) groups is 4. The number of nitrogens with zero attached hydrogens (tertiary/aromatic N) is 1. The second kappa shape index (κ2) is 10.3. The second-order valence-electron chi connectivity index (χ2n) is 7.70. The number of methoxy groups -OCH3 is 1. The maximum atomic E-state index is 12.8. The minimum atomic E-state index is -1.03. The van der Waals surface area contributed by atoms with Crippen molar-refractivity contribution in [2.45, 2.75) is 6.92 Å². The van der Waals surface area contributed by atoms with Crippen molar-refractivity contribution in [1.82, 2.24) is 4.90 Å². The third kappa shape index (κ3) is 5.29. The van der Waals surface area contributed by atoms with E-state index < -0.39 is 29.6 Å². The molecule has 1 fully saturated rings. The molecule has 2 N–H and O–H groups in total. The number of benzene rings is 2. The van der Waals surface area contributed by atoms with E-state index >= 15 is 0 Å². The summed E-state index contributed by atoms with van der Waals surface area (Å²) in [5.74, 6) is -0.962. The van der Waals surface area contributed by atoms with E-state index in [1.165, 1.54) is 31.4 Å². The molecule has 4 rings (SSSR count). The first-order valence-electron chi connectivity index (χ1n) is 10.5. The number of carboxylic acid groups (broad SMARTS) is 1. The van der Waals surface area contributed by atoms with Crippen LogP contribution >= 0.6 is 23.4 Å². The fourth-order valence-electron chi connectivity index (χ4n) is 3.50. The van der Waals surface area contributed by atoms with E-state index in [2.05, 4.69) is 5.32 Å². The largest absolute Gasteiger partial charge is 0.495 e. The first-order valence-corrected chi connectivity index (χ1v) is 11.7. The Hall–Kier alpha value is -4.02. The average molecular weight is 527 g/mol. The number of anilines is 1. The Balaban J connectivity index is 1.45. The fourth-order valence-corrected chi connectivity index (χ4v) is 4.58. The molecule has 0 spiro atoms. The number of ether oxygens (including phenoxy) is 1. The highest BCUT2D eigenvalue weighted by Gasteiger charge is 2.36. The summed E-state index contributed by atoms with van der Waals surface area (Å²) in [7, 11) is 1.47. The number of rotatable bonds is 7. The molecule has 1 aliphatic heterocycles. The van der Waals surface area contributed by atoms with Gasteiger partial charge in [0.1, 0.15) is 23.8 Å². The van der Waals surface area contributed by atoms with Crippen molar-refractivity contribution in [3.8, 4) is 17.1 Å². The molecule has 0 saturated carbocycles. The Bertz CT molecular complexity index is 1430. The molecule has 2 aromatic carbocycles. The van der Waals surface area contributed by atoms with Gasteiger partial charge in [-0.3, -0.25) is 19.3 Å². The van der Waals surface area contributed by atoms with E-state index in [4.69, 9.17) is 25.9 Å². The minimum absolute atomic E-state index is 0.110. The predicted octanol–water partition coefficient (Wildman–Crippen LogP) is 5.29. The highest BCUT2D eigenvalue weighted by molar-refractivity contribution is 8.18. The number of thioether (sulfide) groups is 1. The van der Waals surface area contributed by atoms with Crippen LogP contribution in [0.2, 0.25) is 5.02 Å². The second-order valence-corrected chi connectivity index (χ2v) is 9.10. The summed E-state index contributed by atoms with van der Waals surface area (Å²) in [4.78, 5) is 49.7. The van der Waals surface area contributed by atoms with Crippen LogP contribution in [0, 0.1) is 6.92 Å². The van der Waals surface area contributed by atoms with Crippen LogP contribution in [-0.4, -0.2) is 46.7 Å². The summed E-state index contributed by atoms with van der Waals surface area (Å²) in [5.41, 5.74) is 1.96. The lowest BCUT2D eigenvalue weighted by molar-refractivity contribution is -0.127. The molecule has 184 valence electrons. The van der Waals surface area contributed by atoms with Gasteiger partial charge in [0.05, 0.1) is 22.6 Å². The van der Waals surface area contributed by atoms with Gasteiger partial charge in [-0.15, -0.1) is 0 Å². The number of carbonyl (C=O) groups excluding carboxylic acids is 3. The Morgan fingerprint density at radius 2 is 1.94 bits per heavy atom. The molecule has 11 heteroatoms. The van der Waals surface area contributed by atoms with Gasteiger partial charge in [-0.05, 0) is 66.7 Å². The monoisotopic (exact) mass is 526 g/mol. The average Bonchev–Trinajstić information content (AvgIpc) is 3.39. The number of halogens is 1. The van der Waals surface area contributed by atoms with Crippen LogP contribution in [-0.2, 0) is 9.59 Å². The van der Waals surface area contributed by atoms with E-state index in [1.807, 2.05) is 0 Å². The summed E-state index contributed by atoms with van der Waals surface area (Å²) in [6.45, 7) is 1.30. The normalized spacial score (nSPS) is 14.4. The van der Waals surface area contributed by atoms with Crippen LogP contribution in [0.25, 0.3) is 17.4 Å². The van der Waals surface area contributed by atoms with Gasteiger partial charge in [0, 0.05) is 17.3 Å². The Morgan fingerprint density at radius 1 is 1.17 bits per heavy atom. The number of nitrogens with one attached hydrogen (secondary N) is 1. The highest BCUT2D eigenvalue weighted by atomic mass is 35.5. The molecule has 0 atom stereocenters. The summed E-state index contributed by atoms with van der Waals surface area (Å²) in [6.07, 6.45) is 1.43. The third-order valence-electron chi connectivity index (χ3n) is 5.25. The van der Waals surface area contributed by atoms with Crippen LogP contribution in [0.5, 0.6) is 5.75 Å². The van der Waals surface area contributed by atoms with Gasteiger partial charge < -0.3 is 19.6 Å². The molecule has 1 aromatic heterocycles. The minimum Gasteiger partial charge on any atom is -0.495 e. The number of imide groups is 1. The molecule has 0 aliphatic carbocycles. The van der Waals surface area contributed by atoms with E-state index in [0.29, 0.717) is 50.9 Å². The molecule has 0 radical (unpaired) electrons. The molecule has 1 aliphatic rings. The van der Waals surface area contributed by atoms with Gasteiger partial charge in [-0.25, -0.2) is 4.79 Å². The van der Waals surface area contributed by atoms with Crippen molar-refractivity contribution in [3.63, 3.8) is 0 Å². The molecular formula is C25H19ClN2O7S. The predicted molar refractivity (Wildman–Crippen MR) is 135 cm³/mol. The van der Waals surface area contributed by atoms with Crippen molar-refractivity contribution < 1.29 is 33.4 Å². The van der Waals surface area contributed by atoms with Gasteiger partial charge in [-0.1, -0.05) is 17.7 Å². The zero-order chi connectivity index (χ0) is 26.0. The maximum absolute atomic E-state index is 12.8. The highest BCUT2D eigenvalue weighted by Crippen LogP contribution is 2.34. The number of aryl methyl sites for hydroxylation is 1. The first-order chi connectivity index (χ1) is 17.2. The van der Waals surface area contributed by atoms with E-state index in [9.17, 15) is 19.2 Å². The fraction of sp³-hybridized carbons (Fsp3) is 0.120. The topological polar surface area (TPSA) is 126 Å². The molecule has 2 heterocycles. The number of aromatic carboxylic acids is 1. The third-order valence-corrected chi connectivity index (χ3v) is 6.45. The number of furan rings is 1. The van der Waals surface area contributed by atoms with Gasteiger partial charge in [0.2, 0.25) is 5.91 Å². The zero-order valence-electron chi connectivity index (χ0n) is 19.0. The standard InChI is InChI=1S/C25H19ClN2O7S/c1-13-9-14(24(31)32)3-6-17(13)19-8-5-16(35-19)11-21-23(30)28(25(33)36-21)12-22(29)27-15-4-7-20(34-2)18(26)10-15/h3-11H,12H2,1-2H3,(H,27,29)(H,31,32)/b21-11-. The van der Waals surface area contributed by atoms with Gasteiger partial charge in [0.25, 0.3) is 11.1 Å². The number of amides is 3. The lowest BCUT2D eigenvalue weighted by Crippen LogP contribution is -2.36. The van der Waals surface area contributed by atoms with Crippen LogP contribution in [0.4, 0.5) is 10.5 Å². The van der Waals surface area contributed by atoms with Gasteiger partial charge in [-0.2, -0.15) is 0 Å². The zero-order valence-corrected chi connectivity index (χ0v) is 20.6. The van der Waals surface area contributed by atoms with E-state index in [1.54, 1.807) is 37.3 Å². The molecule has 0 unspecified atom stereocenters. The number of carboxylic acids is 1. The summed E-state index contributed by atoms with van der Waals surface area (Å²) >= 11 is 6.76. The molecular weight excluding hydrogens is 508 g/mol. The summed E-state index contributed by atoms with van der Waals surface area (Å²) < 4.78 is 10.9. The molecule has 3 amide bonds. The molecule has 1 saturated heterocycles. The number of hydrogen-bond donors (Lipinski definition) is 2. The van der Waals surface area contributed by atoms with Crippen LogP contribution in [0.3, 0.4) is 0 Å². The van der Waals surface area contributed by atoms with Crippen molar-refractivity contribution in [3.05, 3.63) is 75.3 Å². The van der Waals surface area contributed by atoms with Gasteiger partial charge >= 0.3 is 5.97 Å². The molecule has 36 heavy (non-hydrogen) atoms. The van der Waals surface area contributed by atoms with E-state index in [0.717, 1.165) is 4.90 Å². The van der Waals surface area contributed by atoms with Crippen LogP contribution in [0.15, 0.2) is 57.9 Å². The first kappa shape index (κ1) is 25.1. The SMILES string of the molecule is COc1ccc(NC(=O)CN2C(=O)S/C(=C\c3ccc(-c4ccc(C(=O)O)cc4C)o3)C2=O)cc1Cl. The smallest absolute Gasteiger partial charge is 0.335 e. The number of hydrogen-bond acceptors (Lipinski definition) is 7. The van der Waals surface area contributed by atoms with Crippen molar-refractivity contribution >= 4 is 58.1 Å². The maximum Gasteiger partial charge on any atom is 0.335 e. The quantitative estimate of drug-likeness (QED) is 0.398. The Kier molecular flexibility index (Phi) is 7.18. The molecule has 3 aromatic rings. The van der Waals surface area contributed by atoms with Crippen molar-refractivity contribution in [1.29, 1.82) is 0 Å². The van der Waals surface area contributed by atoms with Crippen LogP contribution in [0.1, 0.15) is 21.7 Å². The summed E-state index contributed by atoms with van der Waals surface area (Å²) in [6, 6.07) is 12.6. The molecule has 0 bridgehead atoms. The lowest BCUT2D eigenvalue weighted by atomic mass is 10.0. The Morgan fingerprint density at radius 3 is 2.61 bits per heavy atom. The van der Waals surface area contributed by atoms with Gasteiger partial charge in [0.15, 0.2) is 0 Å². The lowest BCUT2D eigenvalue weighted by Gasteiger charge is -2.13. The Labute approximate surface area is 214 Å². The van der Waals surface area contributed by atoms with Crippen LogP contribution < -0.4 is 10.1 Å². The van der Waals surface area contributed by atoms with Crippen molar-refractivity contribution in [2.24, 2.45) is 0 Å². The molecule has 9 nitrogen and oxygen atoms in total.